The zero-order valence-electron chi connectivity index (χ0n) is 14.4. The molecule has 1 heterocycles. The first-order valence-electron chi connectivity index (χ1n) is 8.48. The molecule has 0 aromatic heterocycles. The molecule has 0 saturated carbocycles. The molecule has 138 valence electrons. The van der Waals surface area contributed by atoms with Crippen molar-refractivity contribution in [1.82, 2.24) is 5.32 Å². The Hall–Kier alpha value is -2.44. The fraction of sp³-hybridized carbons (Fsp3) is 0.421. The quantitative estimate of drug-likeness (QED) is 0.835. The molecule has 1 aliphatic carbocycles. The van der Waals surface area contributed by atoms with Gasteiger partial charge in [-0.25, -0.2) is 4.99 Å². The third-order valence-corrected chi connectivity index (χ3v) is 4.93. The van der Waals surface area contributed by atoms with E-state index in [1.54, 1.807) is 0 Å². The van der Waals surface area contributed by atoms with E-state index in [9.17, 15) is 22.8 Å². The summed E-state index contributed by atoms with van der Waals surface area (Å²) in [6.45, 7) is 3.98. The minimum absolute atomic E-state index is 0.188. The highest BCUT2D eigenvalue weighted by Gasteiger charge is 2.40. The molecule has 0 radical (unpaired) electrons. The van der Waals surface area contributed by atoms with Gasteiger partial charge in [-0.05, 0) is 36.5 Å². The van der Waals surface area contributed by atoms with E-state index in [0.717, 1.165) is 35.6 Å². The molecule has 1 N–H and O–H groups in total. The van der Waals surface area contributed by atoms with Crippen molar-refractivity contribution in [2.24, 2.45) is 16.8 Å². The molecule has 3 atom stereocenters. The summed E-state index contributed by atoms with van der Waals surface area (Å²) in [6.07, 6.45) is -1.38. The van der Waals surface area contributed by atoms with E-state index < -0.39 is 29.6 Å². The van der Waals surface area contributed by atoms with Crippen LogP contribution in [0, 0.1) is 18.8 Å². The van der Waals surface area contributed by atoms with Gasteiger partial charge < -0.3 is 5.32 Å². The Balaban J connectivity index is 1.79. The predicted molar refractivity (Wildman–Crippen MR) is 90.7 cm³/mol. The highest BCUT2D eigenvalue weighted by molar-refractivity contribution is 6.14. The van der Waals surface area contributed by atoms with Gasteiger partial charge in [0.15, 0.2) is 0 Å². The highest BCUT2D eigenvalue weighted by Crippen LogP contribution is 2.38. The van der Waals surface area contributed by atoms with Crippen LogP contribution < -0.4 is 5.32 Å². The van der Waals surface area contributed by atoms with Gasteiger partial charge in [0, 0.05) is 0 Å². The van der Waals surface area contributed by atoms with Crippen molar-refractivity contribution in [2.75, 3.05) is 0 Å². The van der Waals surface area contributed by atoms with Gasteiger partial charge in [-0.15, -0.1) is 0 Å². The van der Waals surface area contributed by atoms with E-state index in [-0.39, 0.29) is 12.0 Å². The van der Waals surface area contributed by atoms with Crippen LogP contribution >= 0.6 is 0 Å². The molecule has 4 nitrogen and oxygen atoms in total. The van der Waals surface area contributed by atoms with Gasteiger partial charge in [-0.3, -0.25) is 9.59 Å². The first-order chi connectivity index (χ1) is 12.2. The average molecular weight is 364 g/mol. The fourth-order valence-corrected chi connectivity index (χ4v) is 3.52. The van der Waals surface area contributed by atoms with E-state index in [0.29, 0.717) is 6.08 Å². The maximum absolute atomic E-state index is 12.6. The molecule has 2 amide bonds. The van der Waals surface area contributed by atoms with Crippen LogP contribution in [-0.2, 0) is 16.0 Å². The van der Waals surface area contributed by atoms with Gasteiger partial charge in [0.25, 0.3) is 5.91 Å². The lowest BCUT2D eigenvalue weighted by atomic mass is 9.95. The molecule has 0 bridgehead atoms. The minimum atomic E-state index is -4.71. The number of hydrogen-bond acceptors (Lipinski definition) is 2. The molecule has 1 aromatic rings. The number of alkyl halides is 3. The number of rotatable bonds is 3. The standard InChI is InChI=1S/C19H19F3N2O2/c1-3-11-9-12-5-4-10(2)8-14(12)16(11)24-18(26)13-6-7-15(19(20,21)22)23-17(13)25/h4-8,11,13,16H,3,9H2,1-2H3,(H,24,26). The zero-order valence-corrected chi connectivity index (χ0v) is 14.4. The van der Waals surface area contributed by atoms with Crippen LogP contribution in [0.15, 0.2) is 35.3 Å². The predicted octanol–water partition coefficient (Wildman–Crippen LogP) is 3.45. The van der Waals surface area contributed by atoms with Crippen LogP contribution in [0.4, 0.5) is 13.2 Å². The molecular weight excluding hydrogens is 345 g/mol. The Labute approximate surface area is 149 Å². The van der Waals surface area contributed by atoms with E-state index in [1.807, 2.05) is 32.0 Å². The van der Waals surface area contributed by atoms with Gasteiger partial charge in [0.2, 0.25) is 5.91 Å². The Morgan fingerprint density at radius 2 is 2.08 bits per heavy atom. The van der Waals surface area contributed by atoms with Crippen molar-refractivity contribution in [3.8, 4) is 0 Å². The summed E-state index contributed by atoms with van der Waals surface area (Å²) in [6, 6.07) is 5.80. The van der Waals surface area contributed by atoms with Gasteiger partial charge in [0.1, 0.15) is 11.6 Å². The fourth-order valence-electron chi connectivity index (χ4n) is 3.52. The molecule has 7 heteroatoms. The third kappa shape index (κ3) is 3.43. The van der Waals surface area contributed by atoms with Crippen LogP contribution in [0.3, 0.4) is 0 Å². The number of halogens is 3. The lowest BCUT2D eigenvalue weighted by Crippen LogP contribution is -2.40. The van der Waals surface area contributed by atoms with Crippen molar-refractivity contribution in [3.63, 3.8) is 0 Å². The number of nitrogens with zero attached hydrogens (tertiary/aromatic N) is 1. The van der Waals surface area contributed by atoms with Crippen LogP contribution in [0.25, 0.3) is 0 Å². The molecule has 0 fully saturated rings. The van der Waals surface area contributed by atoms with Crippen molar-refractivity contribution >= 4 is 17.5 Å². The van der Waals surface area contributed by atoms with Gasteiger partial charge in [-0.2, -0.15) is 13.2 Å². The van der Waals surface area contributed by atoms with Crippen molar-refractivity contribution in [3.05, 3.63) is 47.0 Å². The summed E-state index contributed by atoms with van der Waals surface area (Å²) in [4.78, 5) is 27.5. The molecule has 0 spiro atoms. The summed E-state index contributed by atoms with van der Waals surface area (Å²) >= 11 is 0. The van der Waals surface area contributed by atoms with Crippen LogP contribution in [-0.4, -0.2) is 23.7 Å². The summed E-state index contributed by atoms with van der Waals surface area (Å²) in [7, 11) is 0. The summed E-state index contributed by atoms with van der Waals surface area (Å²) < 4.78 is 37.9. The summed E-state index contributed by atoms with van der Waals surface area (Å²) in [5, 5.41) is 2.86. The number of fused-ring (bicyclic) bond motifs is 1. The lowest BCUT2D eigenvalue weighted by Gasteiger charge is -2.23. The smallest absolute Gasteiger partial charge is 0.348 e. The van der Waals surface area contributed by atoms with Gasteiger partial charge in [-0.1, -0.05) is 43.2 Å². The number of nitrogens with one attached hydrogen (secondary N) is 1. The van der Waals surface area contributed by atoms with E-state index in [1.165, 1.54) is 0 Å². The molecule has 3 unspecified atom stereocenters. The van der Waals surface area contributed by atoms with Crippen molar-refractivity contribution in [2.45, 2.75) is 38.9 Å². The first kappa shape index (κ1) is 18.4. The van der Waals surface area contributed by atoms with Crippen molar-refractivity contribution < 1.29 is 22.8 Å². The normalized spacial score (nSPS) is 25.0. The second-order valence-corrected chi connectivity index (χ2v) is 6.73. The largest absolute Gasteiger partial charge is 0.433 e. The number of aryl methyl sites for hydroxylation is 1. The Bertz CT molecular complexity index is 811. The Morgan fingerprint density at radius 1 is 1.35 bits per heavy atom. The molecule has 2 aliphatic rings. The molecule has 1 aliphatic heterocycles. The average Bonchev–Trinajstić information content (AvgIpc) is 2.91. The zero-order chi connectivity index (χ0) is 19.1. The molecule has 3 rings (SSSR count). The topological polar surface area (TPSA) is 58.5 Å². The van der Waals surface area contributed by atoms with E-state index >= 15 is 0 Å². The Morgan fingerprint density at radius 3 is 2.69 bits per heavy atom. The molecule has 26 heavy (non-hydrogen) atoms. The number of carbonyl (C=O) groups excluding carboxylic acids is 2. The first-order valence-corrected chi connectivity index (χ1v) is 8.48. The maximum atomic E-state index is 12.6. The number of dihydropyridines is 1. The van der Waals surface area contributed by atoms with Crippen LogP contribution in [0.2, 0.25) is 0 Å². The van der Waals surface area contributed by atoms with E-state index in [2.05, 4.69) is 10.3 Å². The summed E-state index contributed by atoms with van der Waals surface area (Å²) in [5.41, 5.74) is 1.94. The minimum Gasteiger partial charge on any atom is -0.348 e. The molecule has 0 saturated heterocycles. The number of amides is 2. The number of aliphatic imine (C=N–C) groups is 1. The number of allylic oxidation sites excluding steroid dienone is 1. The monoisotopic (exact) mass is 364 g/mol. The van der Waals surface area contributed by atoms with Crippen molar-refractivity contribution in [1.29, 1.82) is 0 Å². The van der Waals surface area contributed by atoms with Crippen LogP contribution in [0.5, 0.6) is 0 Å². The van der Waals surface area contributed by atoms with Gasteiger partial charge >= 0.3 is 6.18 Å². The summed E-state index contributed by atoms with van der Waals surface area (Å²) in [5.74, 6) is -2.85. The van der Waals surface area contributed by atoms with E-state index in [4.69, 9.17) is 0 Å². The third-order valence-electron chi connectivity index (χ3n) is 4.93. The van der Waals surface area contributed by atoms with Crippen LogP contribution in [0.1, 0.15) is 36.1 Å². The highest BCUT2D eigenvalue weighted by atomic mass is 19.4. The number of carbonyl (C=O) groups is 2. The Kier molecular flexibility index (Phi) is 4.73. The molecule has 1 aromatic carbocycles. The number of hydrogen-bond donors (Lipinski definition) is 1. The maximum Gasteiger partial charge on any atom is 0.433 e. The number of benzene rings is 1. The second kappa shape index (κ2) is 6.70. The lowest BCUT2D eigenvalue weighted by molar-refractivity contribution is -0.132. The molecular formula is C19H19F3N2O2. The SMILES string of the molecule is CCC1Cc2ccc(C)cc2C1NC(=O)C1C=CC(C(F)(F)F)=NC1=O. The second-order valence-electron chi connectivity index (χ2n) is 6.73. The van der Waals surface area contributed by atoms with Gasteiger partial charge in [0.05, 0.1) is 6.04 Å².